The number of hydrogen-bond acceptors (Lipinski definition) is 2. The van der Waals surface area contributed by atoms with Gasteiger partial charge in [0.15, 0.2) is 0 Å². The number of hydrogen-bond donors (Lipinski definition) is 2. The monoisotopic (exact) mass is 288 g/mol. The van der Waals surface area contributed by atoms with Crippen molar-refractivity contribution in [3.63, 3.8) is 0 Å². The van der Waals surface area contributed by atoms with E-state index in [4.69, 9.17) is 0 Å². The molecule has 0 aromatic heterocycles. The van der Waals surface area contributed by atoms with Crippen LogP contribution in [0.15, 0.2) is 30.3 Å². The number of carbonyl (C=O) groups excluding carboxylic acids is 2. The molecule has 0 spiro atoms. The van der Waals surface area contributed by atoms with E-state index in [1.165, 1.54) is 5.56 Å². The van der Waals surface area contributed by atoms with Gasteiger partial charge in [-0.2, -0.15) is 0 Å². The van der Waals surface area contributed by atoms with Crippen LogP contribution in [0.2, 0.25) is 0 Å². The van der Waals surface area contributed by atoms with E-state index in [0.29, 0.717) is 19.5 Å². The quantitative estimate of drug-likeness (QED) is 0.718. The molecule has 1 aromatic rings. The minimum absolute atomic E-state index is 0.0275. The summed E-state index contributed by atoms with van der Waals surface area (Å²) in [4.78, 5) is 23.6. The first kappa shape index (κ1) is 15.5. The zero-order valence-corrected chi connectivity index (χ0v) is 12.6. The summed E-state index contributed by atoms with van der Waals surface area (Å²) >= 11 is 0. The van der Waals surface area contributed by atoms with Crippen LogP contribution in [0.3, 0.4) is 0 Å². The topological polar surface area (TPSA) is 58.2 Å². The van der Waals surface area contributed by atoms with Gasteiger partial charge in [-0.05, 0) is 31.2 Å². The van der Waals surface area contributed by atoms with Gasteiger partial charge in [0.25, 0.3) is 0 Å². The smallest absolute Gasteiger partial charge is 0.223 e. The standard InChI is InChI=1S/C17H24N2O2/c1-2-10-18-16(20)14-12-15(14)17(21)19-11-6-9-13-7-4-3-5-8-13/h3-5,7-8,14-15H,2,6,9-12H2,1H3,(H,18,20)(H,19,21). The number of nitrogens with one attached hydrogen (secondary N) is 2. The zero-order chi connectivity index (χ0) is 15.1. The van der Waals surface area contributed by atoms with E-state index in [9.17, 15) is 9.59 Å². The van der Waals surface area contributed by atoms with Crippen molar-refractivity contribution in [3.05, 3.63) is 35.9 Å². The number of carbonyl (C=O) groups is 2. The maximum Gasteiger partial charge on any atom is 0.223 e. The molecular weight excluding hydrogens is 264 g/mol. The minimum Gasteiger partial charge on any atom is -0.356 e. The van der Waals surface area contributed by atoms with Crippen LogP contribution in [0.4, 0.5) is 0 Å². The van der Waals surface area contributed by atoms with Gasteiger partial charge in [-0.3, -0.25) is 9.59 Å². The van der Waals surface area contributed by atoms with E-state index < -0.39 is 0 Å². The van der Waals surface area contributed by atoms with Crippen molar-refractivity contribution in [1.29, 1.82) is 0 Å². The first-order valence-electron chi connectivity index (χ1n) is 7.81. The van der Waals surface area contributed by atoms with Crippen LogP contribution in [-0.4, -0.2) is 24.9 Å². The fourth-order valence-electron chi connectivity index (χ4n) is 2.43. The predicted octanol–water partition coefficient (Wildman–Crippen LogP) is 1.90. The number of aryl methyl sites for hydroxylation is 1. The lowest BCUT2D eigenvalue weighted by atomic mass is 10.1. The molecule has 4 nitrogen and oxygen atoms in total. The van der Waals surface area contributed by atoms with Crippen molar-refractivity contribution < 1.29 is 9.59 Å². The summed E-state index contributed by atoms with van der Waals surface area (Å²) in [6.07, 6.45) is 3.51. The molecular formula is C17H24N2O2. The van der Waals surface area contributed by atoms with Gasteiger partial charge in [-0.1, -0.05) is 37.3 Å². The summed E-state index contributed by atoms with van der Waals surface area (Å²) in [5.41, 5.74) is 1.29. The third kappa shape index (κ3) is 4.88. The van der Waals surface area contributed by atoms with Crippen LogP contribution >= 0.6 is 0 Å². The number of rotatable bonds is 8. The van der Waals surface area contributed by atoms with Crippen LogP contribution in [0, 0.1) is 11.8 Å². The summed E-state index contributed by atoms with van der Waals surface area (Å²) in [6.45, 7) is 3.39. The Morgan fingerprint density at radius 1 is 1.05 bits per heavy atom. The molecule has 0 aliphatic heterocycles. The molecule has 0 radical (unpaired) electrons. The molecule has 1 aliphatic rings. The first-order chi connectivity index (χ1) is 10.2. The van der Waals surface area contributed by atoms with E-state index in [0.717, 1.165) is 19.3 Å². The Morgan fingerprint density at radius 2 is 1.67 bits per heavy atom. The molecule has 1 aliphatic carbocycles. The molecule has 2 N–H and O–H groups in total. The van der Waals surface area contributed by atoms with Gasteiger partial charge >= 0.3 is 0 Å². The second-order valence-electron chi connectivity index (χ2n) is 5.62. The summed E-state index contributed by atoms with van der Waals surface area (Å²) in [6, 6.07) is 10.2. The Bertz CT molecular complexity index is 473. The summed E-state index contributed by atoms with van der Waals surface area (Å²) in [5, 5.41) is 5.79. The average molecular weight is 288 g/mol. The van der Waals surface area contributed by atoms with Crippen LogP contribution in [-0.2, 0) is 16.0 Å². The molecule has 1 aromatic carbocycles. The van der Waals surface area contributed by atoms with E-state index in [-0.39, 0.29) is 23.7 Å². The van der Waals surface area contributed by atoms with Crippen molar-refractivity contribution in [1.82, 2.24) is 10.6 Å². The summed E-state index contributed by atoms with van der Waals surface area (Å²) in [7, 11) is 0. The highest BCUT2D eigenvalue weighted by Gasteiger charge is 2.47. The summed E-state index contributed by atoms with van der Waals surface area (Å²) < 4.78 is 0. The maximum atomic E-state index is 11.9. The Kier molecular flexibility index (Phi) is 5.78. The van der Waals surface area contributed by atoms with Crippen LogP contribution in [0.25, 0.3) is 0 Å². The molecule has 1 fully saturated rings. The van der Waals surface area contributed by atoms with Crippen molar-refractivity contribution in [3.8, 4) is 0 Å². The van der Waals surface area contributed by atoms with E-state index in [1.54, 1.807) is 0 Å². The fraction of sp³-hybridized carbons (Fsp3) is 0.529. The Labute approximate surface area is 126 Å². The van der Waals surface area contributed by atoms with Gasteiger partial charge in [0, 0.05) is 13.1 Å². The molecule has 2 unspecified atom stereocenters. The van der Waals surface area contributed by atoms with Gasteiger partial charge in [-0.15, -0.1) is 0 Å². The highest BCUT2D eigenvalue weighted by atomic mass is 16.2. The van der Waals surface area contributed by atoms with Crippen LogP contribution < -0.4 is 10.6 Å². The van der Waals surface area contributed by atoms with Crippen molar-refractivity contribution in [2.45, 2.75) is 32.6 Å². The highest BCUT2D eigenvalue weighted by Crippen LogP contribution is 2.38. The van der Waals surface area contributed by atoms with Gasteiger partial charge in [0.05, 0.1) is 11.8 Å². The molecule has 4 heteroatoms. The predicted molar refractivity (Wildman–Crippen MR) is 82.7 cm³/mol. The SMILES string of the molecule is CCCNC(=O)C1CC1C(=O)NCCCc1ccccc1. The third-order valence-corrected chi connectivity index (χ3v) is 3.80. The van der Waals surface area contributed by atoms with E-state index in [2.05, 4.69) is 22.8 Å². The largest absolute Gasteiger partial charge is 0.356 e. The van der Waals surface area contributed by atoms with Crippen molar-refractivity contribution >= 4 is 11.8 Å². The number of benzene rings is 1. The summed E-state index contributed by atoms with van der Waals surface area (Å²) in [5.74, 6) is -0.162. The second kappa shape index (κ2) is 7.81. The first-order valence-corrected chi connectivity index (χ1v) is 7.81. The molecule has 21 heavy (non-hydrogen) atoms. The van der Waals surface area contributed by atoms with Crippen LogP contribution in [0.5, 0.6) is 0 Å². The number of amides is 2. The normalized spacial score (nSPS) is 19.9. The van der Waals surface area contributed by atoms with Crippen molar-refractivity contribution in [2.75, 3.05) is 13.1 Å². The minimum atomic E-state index is -0.112. The Morgan fingerprint density at radius 3 is 2.29 bits per heavy atom. The second-order valence-corrected chi connectivity index (χ2v) is 5.62. The Hall–Kier alpha value is -1.84. The Balaban J connectivity index is 1.60. The van der Waals surface area contributed by atoms with Gasteiger partial charge in [-0.25, -0.2) is 0 Å². The zero-order valence-electron chi connectivity index (χ0n) is 12.6. The molecule has 0 saturated heterocycles. The average Bonchev–Trinajstić information content (AvgIpc) is 3.31. The molecule has 2 rings (SSSR count). The third-order valence-electron chi connectivity index (χ3n) is 3.80. The molecule has 0 bridgehead atoms. The molecule has 2 atom stereocenters. The van der Waals surface area contributed by atoms with E-state index in [1.807, 2.05) is 25.1 Å². The fourth-order valence-corrected chi connectivity index (χ4v) is 2.43. The lowest BCUT2D eigenvalue weighted by molar-refractivity contribution is -0.127. The maximum absolute atomic E-state index is 11.9. The van der Waals surface area contributed by atoms with Crippen LogP contribution in [0.1, 0.15) is 31.7 Å². The van der Waals surface area contributed by atoms with Gasteiger partial charge in [0.1, 0.15) is 0 Å². The molecule has 1 saturated carbocycles. The molecule has 2 amide bonds. The van der Waals surface area contributed by atoms with Gasteiger partial charge < -0.3 is 10.6 Å². The molecule has 114 valence electrons. The molecule has 0 heterocycles. The lowest BCUT2D eigenvalue weighted by Crippen LogP contribution is -2.31. The van der Waals surface area contributed by atoms with Gasteiger partial charge in [0.2, 0.25) is 11.8 Å². The lowest BCUT2D eigenvalue weighted by Gasteiger charge is -2.05. The van der Waals surface area contributed by atoms with E-state index >= 15 is 0 Å². The van der Waals surface area contributed by atoms with Crippen molar-refractivity contribution in [2.24, 2.45) is 11.8 Å². The highest BCUT2D eigenvalue weighted by molar-refractivity contribution is 5.92.